The molecule has 0 fully saturated rings. The molecule has 3 amide bonds. The Morgan fingerprint density at radius 2 is 1.76 bits per heavy atom. The lowest BCUT2D eigenvalue weighted by Gasteiger charge is -2.07. The van der Waals surface area contributed by atoms with Gasteiger partial charge in [-0.05, 0) is 24.5 Å². The number of nitrogens with one attached hydrogen (secondary N) is 2. The average Bonchev–Trinajstić information content (AvgIpc) is 2.42. The summed E-state index contributed by atoms with van der Waals surface area (Å²) in [6, 6.07) is 6.47. The van der Waals surface area contributed by atoms with E-state index < -0.39 is 17.9 Å². The molecular weight excluding hydrogens is 296 g/mol. The van der Waals surface area contributed by atoms with Crippen molar-refractivity contribution in [3.05, 3.63) is 34.9 Å². The van der Waals surface area contributed by atoms with E-state index in [4.69, 9.17) is 16.7 Å². The first-order valence-electron chi connectivity index (χ1n) is 6.52. The van der Waals surface area contributed by atoms with Gasteiger partial charge in [-0.1, -0.05) is 29.8 Å². The molecule has 1 aromatic rings. The van der Waals surface area contributed by atoms with Gasteiger partial charge in [0.25, 0.3) is 0 Å². The molecule has 0 saturated heterocycles. The minimum atomic E-state index is -0.895. The molecule has 0 bridgehead atoms. The minimum absolute atomic E-state index is 0.0198. The van der Waals surface area contributed by atoms with E-state index in [0.29, 0.717) is 17.9 Å². The maximum Gasteiger partial charge on any atom is 0.321 e. The predicted octanol–water partition coefficient (Wildman–Crippen LogP) is 2.31. The largest absolute Gasteiger partial charge is 0.481 e. The summed E-state index contributed by atoms with van der Waals surface area (Å²) in [5.41, 5.74) is 0.753. The number of aliphatic carboxylic acids is 1. The van der Waals surface area contributed by atoms with E-state index in [0.717, 1.165) is 5.56 Å². The van der Waals surface area contributed by atoms with E-state index in [1.54, 1.807) is 24.3 Å². The number of carbonyl (C=O) groups is 3. The lowest BCUT2D eigenvalue weighted by Crippen LogP contribution is -2.39. The molecule has 1 aromatic carbocycles. The Labute approximate surface area is 127 Å². The smallest absolute Gasteiger partial charge is 0.321 e. The van der Waals surface area contributed by atoms with E-state index >= 15 is 0 Å². The third-order valence-corrected chi connectivity index (χ3v) is 3.06. The molecule has 1 rings (SSSR count). The van der Waals surface area contributed by atoms with Gasteiger partial charge in [0.2, 0.25) is 5.91 Å². The third-order valence-electron chi connectivity index (χ3n) is 2.69. The maximum absolute atomic E-state index is 11.5. The van der Waals surface area contributed by atoms with Gasteiger partial charge in [0.15, 0.2) is 0 Å². The molecule has 21 heavy (non-hydrogen) atoms. The summed E-state index contributed by atoms with van der Waals surface area (Å²) in [6.45, 7) is 0.220. The van der Waals surface area contributed by atoms with Crippen molar-refractivity contribution in [3.63, 3.8) is 0 Å². The van der Waals surface area contributed by atoms with Crippen LogP contribution in [0.2, 0.25) is 5.02 Å². The average molecular weight is 313 g/mol. The number of carboxylic acids is 1. The molecule has 7 heteroatoms. The van der Waals surface area contributed by atoms with Crippen LogP contribution in [0.4, 0.5) is 4.79 Å². The molecule has 0 unspecified atom stereocenters. The molecule has 0 atom stereocenters. The number of carboxylic acid groups (broad SMARTS) is 1. The van der Waals surface area contributed by atoms with Gasteiger partial charge in [-0.2, -0.15) is 0 Å². The van der Waals surface area contributed by atoms with Crippen LogP contribution in [0.1, 0.15) is 31.2 Å². The molecule has 114 valence electrons. The van der Waals surface area contributed by atoms with E-state index in [1.807, 2.05) is 0 Å². The van der Waals surface area contributed by atoms with Crippen LogP contribution < -0.4 is 10.6 Å². The summed E-state index contributed by atoms with van der Waals surface area (Å²) in [4.78, 5) is 33.2. The Hall–Kier alpha value is -2.08. The molecule has 0 aliphatic rings. The van der Waals surface area contributed by atoms with Gasteiger partial charge < -0.3 is 10.4 Å². The summed E-state index contributed by atoms with van der Waals surface area (Å²) in [6.07, 6.45) is 0.971. The number of carbonyl (C=O) groups excluding carboxylic acids is 2. The molecule has 0 spiro atoms. The predicted molar refractivity (Wildman–Crippen MR) is 77.9 cm³/mol. The normalized spacial score (nSPS) is 9.95. The Morgan fingerprint density at radius 3 is 2.43 bits per heavy atom. The molecule has 3 N–H and O–H groups in total. The number of benzene rings is 1. The first-order valence-corrected chi connectivity index (χ1v) is 6.89. The number of amides is 3. The first-order chi connectivity index (χ1) is 9.99. The standard InChI is InChI=1S/C14H17ClN2O4/c15-11-6-2-1-5-10(11)9-16-14(21)17-12(18)7-3-4-8-13(19)20/h1-2,5-6H,3-4,7-9H2,(H,19,20)(H2,16,17,18,21). The lowest BCUT2D eigenvalue weighted by atomic mass is 10.2. The summed E-state index contributed by atoms with van der Waals surface area (Å²) >= 11 is 5.94. The highest BCUT2D eigenvalue weighted by molar-refractivity contribution is 6.31. The van der Waals surface area contributed by atoms with Crippen LogP contribution in [-0.2, 0) is 16.1 Å². The van der Waals surface area contributed by atoms with Crippen molar-refractivity contribution in [2.45, 2.75) is 32.2 Å². The number of imide groups is 1. The second kappa shape index (κ2) is 8.97. The molecule has 0 saturated carbocycles. The maximum atomic E-state index is 11.5. The van der Waals surface area contributed by atoms with Crippen molar-refractivity contribution in [2.24, 2.45) is 0 Å². The molecule has 6 nitrogen and oxygen atoms in total. The fourth-order valence-electron chi connectivity index (χ4n) is 1.61. The molecule has 0 aliphatic carbocycles. The zero-order valence-electron chi connectivity index (χ0n) is 11.4. The van der Waals surface area contributed by atoms with Crippen molar-refractivity contribution < 1.29 is 19.5 Å². The highest BCUT2D eigenvalue weighted by atomic mass is 35.5. The number of unbranched alkanes of at least 4 members (excludes halogenated alkanes) is 1. The van der Waals surface area contributed by atoms with E-state index in [1.165, 1.54) is 0 Å². The van der Waals surface area contributed by atoms with Crippen LogP contribution in [0.15, 0.2) is 24.3 Å². The van der Waals surface area contributed by atoms with Crippen LogP contribution in [-0.4, -0.2) is 23.0 Å². The van der Waals surface area contributed by atoms with Crippen molar-refractivity contribution >= 4 is 29.5 Å². The van der Waals surface area contributed by atoms with Gasteiger partial charge in [-0.3, -0.25) is 14.9 Å². The van der Waals surface area contributed by atoms with E-state index in [2.05, 4.69) is 10.6 Å². The topological polar surface area (TPSA) is 95.5 Å². The van der Waals surface area contributed by atoms with Gasteiger partial charge in [0.1, 0.15) is 0 Å². The second-order valence-corrected chi connectivity index (χ2v) is 4.83. The molecule has 0 heterocycles. The quantitative estimate of drug-likeness (QED) is 0.673. The van der Waals surface area contributed by atoms with Crippen LogP contribution in [0.5, 0.6) is 0 Å². The van der Waals surface area contributed by atoms with Gasteiger partial charge in [-0.25, -0.2) is 4.79 Å². The second-order valence-electron chi connectivity index (χ2n) is 4.42. The van der Waals surface area contributed by atoms with Crippen molar-refractivity contribution in [2.75, 3.05) is 0 Å². The number of halogens is 1. The molecular formula is C14H17ClN2O4. The van der Waals surface area contributed by atoms with Gasteiger partial charge in [-0.15, -0.1) is 0 Å². The van der Waals surface area contributed by atoms with Gasteiger partial charge in [0, 0.05) is 24.4 Å². The SMILES string of the molecule is O=C(O)CCCCC(=O)NC(=O)NCc1ccccc1Cl. The zero-order chi connectivity index (χ0) is 15.7. The van der Waals surface area contributed by atoms with Crippen molar-refractivity contribution in [3.8, 4) is 0 Å². The Kier molecular flexibility index (Phi) is 7.25. The van der Waals surface area contributed by atoms with Crippen molar-refractivity contribution in [1.29, 1.82) is 0 Å². The minimum Gasteiger partial charge on any atom is -0.481 e. The summed E-state index contributed by atoms with van der Waals surface area (Å²) < 4.78 is 0. The fraction of sp³-hybridized carbons (Fsp3) is 0.357. The number of hydrogen-bond acceptors (Lipinski definition) is 3. The Bertz CT molecular complexity index is 519. The van der Waals surface area contributed by atoms with Crippen LogP contribution in [0.3, 0.4) is 0 Å². The van der Waals surface area contributed by atoms with E-state index in [9.17, 15) is 14.4 Å². The van der Waals surface area contributed by atoms with Gasteiger partial charge >= 0.3 is 12.0 Å². The van der Waals surface area contributed by atoms with Crippen LogP contribution >= 0.6 is 11.6 Å². The summed E-state index contributed by atoms with van der Waals surface area (Å²) in [7, 11) is 0. The number of urea groups is 1. The summed E-state index contributed by atoms with van der Waals surface area (Å²) in [5.74, 6) is -1.33. The van der Waals surface area contributed by atoms with Crippen LogP contribution in [0, 0.1) is 0 Å². The number of hydrogen-bond donors (Lipinski definition) is 3. The number of rotatable bonds is 7. The highest BCUT2D eigenvalue weighted by Crippen LogP contribution is 2.14. The summed E-state index contributed by atoms with van der Waals surface area (Å²) in [5, 5.41) is 13.7. The lowest BCUT2D eigenvalue weighted by molar-refractivity contribution is -0.137. The van der Waals surface area contributed by atoms with Crippen LogP contribution in [0.25, 0.3) is 0 Å². The molecule has 0 aliphatic heterocycles. The third kappa shape index (κ3) is 7.31. The Balaban J connectivity index is 2.22. The molecule has 0 radical (unpaired) electrons. The molecule has 0 aromatic heterocycles. The monoisotopic (exact) mass is 312 g/mol. The van der Waals surface area contributed by atoms with Gasteiger partial charge in [0.05, 0.1) is 0 Å². The highest BCUT2D eigenvalue weighted by Gasteiger charge is 2.08. The fourth-order valence-corrected chi connectivity index (χ4v) is 1.81. The Morgan fingerprint density at radius 1 is 1.10 bits per heavy atom. The first kappa shape index (κ1) is 17.0. The zero-order valence-corrected chi connectivity index (χ0v) is 12.2. The van der Waals surface area contributed by atoms with Crippen molar-refractivity contribution in [1.82, 2.24) is 10.6 Å². The van der Waals surface area contributed by atoms with E-state index in [-0.39, 0.29) is 19.4 Å².